The Morgan fingerprint density at radius 1 is 0.900 bits per heavy atom. The second-order valence-electron chi connectivity index (χ2n) is 4.71. The van der Waals surface area contributed by atoms with Gasteiger partial charge in [0.2, 0.25) is 0 Å². The van der Waals surface area contributed by atoms with Crippen molar-refractivity contribution >= 4 is 17.9 Å². The van der Waals surface area contributed by atoms with Crippen LogP contribution >= 0.6 is 0 Å². The van der Waals surface area contributed by atoms with Crippen LogP contribution < -0.4 is 0 Å². The average Bonchev–Trinajstić information content (AvgIpc) is 2.44. The summed E-state index contributed by atoms with van der Waals surface area (Å²) >= 11 is 0. The van der Waals surface area contributed by atoms with Gasteiger partial charge >= 0.3 is 17.9 Å². The molecule has 0 radical (unpaired) electrons. The highest BCUT2D eigenvalue weighted by molar-refractivity contribution is 6.17. The molecule has 0 bridgehead atoms. The minimum atomic E-state index is -2.24. The number of ether oxygens (including phenoxy) is 2. The minimum absolute atomic E-state index is 0.103. The average molecular weight is 288 g/mol. The van der Waals surface area contributed by atoms with E-state index in [-0.39, 0.29) is 6.42 Å². The summed E-state index contributed by atoms with van der Waals surface area (Å²) in [6, 6.07) is 0. The van der Waals surface area contributed by atoms with Gasteiger partial charge in [-0.1, -0.05) is 45.4 Å². The molecule has 0 heterocycles. The Labute approximate surface area is 119 Å². The van der Waals surface area contributed by atoms with E-state index in [1.807, 2.05) is 0 Å². The van der Waals surface area contributed by atoms with Crippen LogP contribution in [0.3, 0.4) is 0 Å². The lowest BCUT2D eigenvalue weighted by molar-refractivity contribution is -0.179. The number of carbonyl (C=O) groups excluding carboxylic acids is 2. The smallest absolute Gasteiger partial charge is 0.334 e. The molecule has 1 N–H and O–H groups in total. The monoisotopic (exact) mass is 288 g/mol. The Balaban J connectivity index is 4.73. The Hall–Kier alpha value is -1.59. The zero-order valence-corrected chi connectivity index (χ0v) is 12.4. The lowest BCUT2D eigenvalue weighted by Gasteiger charge is -2.23. The van der Waals surface area contributed by atoms with Gasteiger partial charge in [-0.2, -0.15) is 0 Å². The van der Waals surface area contributed by atoms with E-state index < -0.39 is 23.3 Å². The highest BCUT2D eigenvalue weighted by Gasteiger charge is 2.55. The van der Waals surface area contributed by atoms with Gasteiger partial charge < -0.3 is 14.6 Å². The molecule has 0 aliphatic rings. The summed E-state index contributed by atoms with van der Waals surface area (Å²) in [5.74, 6) is -3.68. The second-order valence-corrected chi connectivity index (χ2v) is 4.71. The Kier molecular flexibility index (Phi) is 8.59. The van der Waals surface area contributed by atoms with Crippen molar-refractivity contribution < 1.29 is 29.0 Å². The van der Waals surface area contributed by atoms with Gasteiger partial charge in [0.15, 0.2) is 0 Å². The summed E-state index contributed by atoms with van der Waals surface area (Å²) in [5, 5.41) is 9.27. The van der Waals surface area contributed by atoms with Crippen LogP contribution in [0.4, 0.5) is 0 Å². The number of hydrogen-bond acceptors (Lipinski definition) is 5. The molecule has 116 valence electrons. The SMILES string of the molecule is CCCCCCCCC(C(=O)O)(C(=O)OC)C(=O)OC. The molecule has 0 unspecified atom stereocenters. The van der Waals surface area contributed by atoms with E-state index >= 15 is 0 Å². The Morgan fingerprint density at radius 2 is 1.35 bits per heavy atom. The summed E-state index contributed by atoms with van der Waals surface area (Å²) in [5.41, 5.74) is -2.24. The first-order valence-corrected chi connectivity index (χ1v) is 6.87. The first-order valence-electron chi connectivity index (χ1n) is 6.87. The Morgan fingerprint density at radius 3 is 1.75 bits per heavy atom. The van der Waals surface area contributed by atoms with Gasteiger partial charge in [0.25, 0.3) is 5.41 Å². The number of aliphatic carboxylic acids is 1. The number of esters is 2. The molecule has 0 aromatic heterocycles. The predicted molar refractivity (Wildman–Crippen MR) is 72.1 cm³/mol. The van der Waals surface area contributed by atoms with Crippen LogP contribution in [0.1, 0.15) is 51.9 Å². The molecule has 0 saturated carbocycles. The summed E-state index contributed by atoms with van der Waals surface area (Å²) in [6.07, 6.45) is 5.37. The topological polar surface area (TPSA) is 89.9 Å². The standard InChI is InChI=1S/C14H24O6/c1-4-5-6-7-8-9-10-14(11(15)16,12(17)19-2)13(18)20-3/h4-10H2,1-3H3,(H,15,16). The van der Waals surface area contributed by atoms with Crippen LogP contribution in [-0.4, -0.2) is 37.2 Å². The molecule has 6 heteroatoms. The number of methoxy groups -OCH3 is 2. The van der Waals surface area contributed by atoms with Gasteiger partial charge in [-0.15, -0.1) is 0 Å². The predicted octanol–water partition coefficient (Wildman–Crippen LogP) is 2.15. The van der Waals surface area contributed by atoms with Gasteiger partial charge in [-0.05, 0) is 6.42 Å². The number of hydrogen-bond donors (Lipinski definition) is 1. The maximum Gasteiger partial charge on any atom is 0.334 e. The van der Waals surface area contributed by atoms with Crippen molar-refractivity contribution in [1.82, 2.24) is 0 Å². The van der Waals surface area contributed by atoms with Gasteiger partial charge in [-0.3, -0.25) is 14.4 Å². The zero-order chi connectivity index (χ0) is 15.6. The third kappa shape index (κ3) is 4.51. The summed E-state index contributed by atoms with van der Waals surface area (Å²) in [7, 11) is 2.12. The van der Waals surface area contributed by atoms with Gasteiger partial charge in [0.05, 0.1) is 14.2 Å². The summed E-state index contributed by atoms with van der Waals surface area (Å²) < 4.78 is 8.95. The van der Waals surface area contributed by atoms with E-state index in [0.29, 0.717) is 6.42 Å². The van der Waals surface area contributed by atoms with Crippen LogP contribution in [0.25, 0.3) is 0 Å². The van der Waals surface area contributed by atoms with Crippen LogP contribution in [0.5, 0.6) is 0 Å². The summed E-state index contributed by atoms with van der Waals surface area (Å²) in [4.78, 5) is 34.9. The largest absolute Gasteiger partial charge is 0.480 e. The van der Waals surface area contributed by atoms with Crippen LogP contribution in [0, 0.1) is 5.41 Å². The molecule has 0 atom stereocenters. The van der Waals surface area contributed by atoms with E-state index in [9.17, 15) is 19.5 Å². The fourth-order valence-electron chi connectivity index (χ4n) is 2.09. The second kappa shape index (κ2) is 9.34. The maximum atomic E-state index is 11.7. The van der Waals surface area contributed by atoms with Crippen molar-refractivity contribution in [3.05, 3.63) is 0 Å². The van der Waals surface area contributed by atoms with Crippen molar-refractivity contribution in [3.63, 3.8) is 0 Å². The van der Waals surface area contributed by atoms with Crippen molar-refractivity contribution in [1.29, 1.82) is 0 Å². The number of rotatable bonds is 10. The quantitative estimate of drug-likeness (QED) is 0.376. The molecule has 20 heavy (non-hydrogen) atoms. The highest BCUT2D eigenvalue weighted by atomic mass is 16.5. The van der Waals surface area contributed by atoms with E-state index in [0.717, 1.165) is 46.3 Å². The molecule has 0 aromatic rings. The molecule has 0 aliphatic heterocycles. The molecule has 0 rings (SSSR count). The minimum Gasteiger partial charge on any atom is -0.480 e. The van der Waals surface area contributed by atoms with Crippen LogP contribution in [0.15, 0.2) is 0 Å². The number of unbranched alkanes of at least 4 members (excludes halogenated alkanes) is 5. The maximum absolute atomic E-state index is 11.7. The normalized spacial score (nSPS) is 10.9. The van der Waals surface area contributed by atoms with Gasteiger partial charge in [-0.25, -0.2) is 0 Å². The number of carboxylic acids is 1. The van der Waals surface area contributed by atoms with Crippen molar-refractivity contribution in [2.45, 2.75) is 51.9 Å². The Bertz CT molecular complexity index is 321. The third-order valence-corrected chi connectivity index (χ3v) is 3.34. The molecule has 6 nitrogen and oxygen atoms in total. The van der Waals surface area contributed by atoms with Crippen molar-refractivity contribution in [2.75, 3.05) is 14.2 Å². The van der Waals surface area contributed by atoms with Gasteiger partial charge in [0, 0.05) is 0 Å². The van der Waals surface area contributed by atoms with E-state index in [1.54, 1.807) is 0 Å². The van der Waals surface area contributed by atoms with E-state index in [1.165, 1.54) is 0 Å². The van der Waals surface area contributed by atoms with Crippen molar-refractivity contribution in [2.24, 2.45) is 5.41 Å². The molecular weight excluding hydrogens is 264 g/mol. The summed E-state index contributed by atoms with van der Waals surface area (Å²) in [6.45, 7) is 2.10. The van der Waals surface area contributed by atoms with E-state index in [2.05, 4.69) is 16.4 Å². The molecule has 0 aromatic carbocycles. The zero-order valence-electron chi connectivity index (χ0n) is 12.4. The lowest BCUT2D eigenvalue weighted by atomic mass is 9.82. The van der Waals surface area contributed by atoms with Crippen LogP contribution in [0.2, 0.25) is 0 Å². The van der Waals surface area contributed by atoms with Crippen LogP contribution in [-0.2, 0) is 23.9 Å². The molecule has 0 aliphatic carbocycles. The lowest BCUT2D eigenvalue weighted by Crippen LogP contribution is -2.47. The fourth-order valence-corrected chi connectivity index (χ4v) is 2.09. The molecule has 0 saturated heterocycles. The number of carboxylic acid groups (broad SMARTS) is 1. The third-order valence-electron chi connectivity index (χ3n) is 3.34. The van der Waals surface area contributed by atoms with Crippen molar-refractivity contribution in [3.8, 4) is 0 Å². The number of carbonyl (C=O) groups is 3. The molecule has 0 amide bonds. The fraction of sp³-hybridized carbons (Fsp3) is 0.786. The molecule has 0 fully saturated rings. The first-order chi connectivity index (χ1) is 9.47. The highest BCUT2D eigenvalue weighted by Crippen LogP contribution is 2.29. The van der Waals surface area contributed by atoms with E-state index in [4.69, 9.17) is 0 Å². The first kappa shape index (κ1) is 18.4. The molecule has 0 spiro atoms. The van der Waals surface area contributed by atoms with Gasteiger partial charge in [0.1, 0.15) is 0 Å². The molecular formula is C14H24O6.